The molecule has 3 heterocycles. The van der Waals surface area contributed by atoms with Crippen LogP contribution in [0.5, 0.6) is 5.75 Å². The molecular weight excluding hydrogens is 521 g/mol. The van der Waals surface area contributed by atoms with E-state index in [9.17, 15) is 9.36 Å². The number of nitrogens with zero attached hydrogens (tertiary/aromatic N) is 5. The maximum atomic E-state index is 14.2. The van der Waals surface area contributed by atoms with Crippen molar-refractivity contribution >= 4 is 36.6 Å². The van der Waals surface area contributed by atoms with Gasteiger partial charge >= 0.3 is 13.7 Å². The Bertz CT molecular complexity index is 1430. The summed E-state index contributed by atoms with van der Waals surface area (Å²) in [6, 6.07) is 8.56. The number of carbonyl (C=O) groups is 1. The standard InChI is InChI=1S/C26H32N7O5P/c1-36-25(34)21-8-5-13-33(21)39(35,38-20-6-3-2-4-7-20)37-15-17-9-12-19(14-17)32-16-28-22-23(29-18-10-11-18)30-26(27)31-24(22)32/h2-4,6-7,9,12,16-19,21H,5,8,10-11,13-15H2,1H3,(H3,27,29,30,31)/t17-,19+,21+,39?/m1/s1. The van der Waals surface area contributed by atoms with Gasteiger partial charge in [-0.2, -0.15) is 14.6 Å². The molecule has 6 rings (SSSR count). The molecule has 2 aromatic heterocycles. The van der Waals surface area contributed by atoms with Gasteiger partial charge in [-0.1, -0.05) is 30.4 Å². The molecule has 0 amide bonds. The molecule has 3 aliphatic rings. The molecule has 0 spiro atoms. The van der Waals surface area contributed by atoms with Crippen molar-refractivity contribution in [1.29, 1.82) is 0 Å². The molecule has 0 bridgehead atoms. The highest BCUT2D eigenvalue weighted by molar-refractivity contribution is 7.51. The van der Waals surface area contributed by atoms with Crippen molar-refractivity contribution in [3.63, 3.8) is 0 Å². The largest absolute Gasteiger partial charge is 0.468 e. The predicted octanol–water partition coefficient (Wildman–Crippen LogP) is 3.94. The Morgan fingerprint density at radius 2 is 2.00 bits per heavy atom. The number of hydrogen-bond acceptors (Lipinski definition) is 10. The van der Waals surface area contributed by atoms with Crippen molar-refractivity contribution in [1.82, 2.24) is 24.2 Å². The molecule has 2 fully saturated rings. The third kappa shape index (κ3) is 5.36. The highest BCUT2D eigenvalue weighted by Gasteiger charge is 2.47. The van der Waals surface area contributed by atoms with Gasteiger partial charge in [0.25, 0.3) is 0 Å². The van der Waals surface area contributed by atoms with E-state index in [1.54, 1.807) is 30.6 Å². The van der Waals surface area contributed by atoms with Gasteiger partial charge in [-0.15, -0.1) is 0 Å². The topological polar surface area (TPSA) is 147 Å². The van der Waals surface area contributed by atoms with E-state index >= 15 is 0 Å². The number of benzene rings is 1. The molecule has 13 heteroatoms. The summed E-state index contributed by atoms with van der Waals surface area (Å²) in [7, 11) is -2.54. The molecule has 1 aliphatic heterocycles. The van der Waals surface area contributed by atoms with Gasteiger partial charge in [-0.25, -0.2) is 9.55 Å². The third-order valence-electron chi connectivity index (χ3n) is 7.29. The number of nitrogens with one attached hydrogen (secondary N) is 1. The number of imidazole rings is 1. The van der Waals surface area contributed by atoms with Crippen molar-refractivity contribution in [2.45, 2.75) is 50.2 Å². The zero-order valence-corrected chi connectivity index (χ0v) is 22.6. The van der Waals surface area contributed by atoms with E-state index in [0.29, 0.717) is 54.6 Å². The maximum absolute atomic E-state index is 14.2. The van der Waals surface area contributed by atoms with Gasteiger partial charge in [0.2, 0.25) is 5.95 Å². The highest BCUT2D eigenvalue weighted by Crippen LogP contribution is 2.56. The van der Waals surface area contributed by atoms with Gasteiger partial charge < -0.3 is 24.9 Å². The molecule has 12 nitrogen and oxygen atoms in total. The first-order chi connectivity index (χ1) is 18.9. The Hall–Kier alpha value is -3.47. The Balaban J connectivity index is 1.18. The normalized spacial score (nSPS) is 24.6. The van der Waals surface area contributed by atoms with Crippen LogP contribution in [0.3, 0.4) is 0 Å². The number of rotatable bonds is 10. The minimum absolute atomic E-state index is 0.0318. The fraction of sp³-hybridized carbons (Fsp3) is 0.462. The fourth-order valence-electron chi connectivity index (χ4n) is 5.16. The van der Waals surface area contributed by atoms with Crippen molar-refractivity contribution in [2.24, 2.45) is 5.92 Å². The van der Waals surface area contributed by atoms with Crippen LogP contribution in [0.2, 0.25) is 0 Å². The zero-order valence-electron chi connectivity index (χ0n) is 21.7. The van der Waals surface area contributed by atoms with E-state index in [2.05, 4.69) is 26.3 Å². The van der Waals surface area contributed by atoms with Gasteiger partial charge in [0.15, 0.2) is 17.0 Å². The third-order valence-corrected chi connectivity index (χ3v) is 9.32. The SMILES string of the molecule is COC(=O)[C@@H]1CCCN1P(=O)(OC[C@@H]1C=C[C@H](n2cnc3c(NC4CC4)nc(N)nc32)C1)Oc1ccccc1. The van der Waals surface area contributed by atoms with Crippen LogP contribution in [-0.4, -0.2) is 62.5 Å². The number of fused-ring (bicyclic) bond motifs is 1. The number of nitrogens with two attached hydrogens (primary N) is 1. The summed E-state index contributed by atoms with van der Waals surface area (Å²) < 4.78 is 34.7. The lowest BCUT2D eigenvalue weighted by Gasteiger charge is -2.30. The van der Waals surface area contributed by atoms with Crippen LogP contribution in [-0.2, 0) is 18.6 Å². The van der Waals surface area contributed by atoms with E-state index in [1.165, 1.54) is 11.8 Å². The molecule has 2 aliphatic carbocycles. The van der Waals surface area contributed by atoms with Gasteiger partial charge in [0, 0.05) is 18.5 Å². The number of methoxy groups -OCH3 is 1. The summed E-state index contributed by atoms with van der Waals surface area (Å²) in [6.45, 7) is 0.562. The molecule has 3 N–H and O–H groups in total. The number of carbonyl (C=O) groups excluding carboxylic acids is 1. The Labute approximate surface area is 226 Å². The van der Waals surface area contributed by atoms with Crippen molar-refractivity contribution in [3.05, 3.63) is 48.8 Å². The fourth-order valence-corrected chi connectivity index (χ4v) is 7.17. The summed E-state index contributed by atoms with van der Waals surface area (Å²) in [6.07, 6.45) is 9.98. The second kappa shape index (κ2) is 10.6. The minimum Gasteiger partial charge on any atom is -0.468 e. The lowest BCUT2D eigenvalue weighted by molar-refractivity contribution is -0.144. The quantitative estimate of drug-likeness (QED) is 0.214. The molecular formula is C26H32N7O5P. The van der Waals surface area contributed by atoms with Crippen molar-refractivity contribution < 1.29 is 23.1 Å². The van der Waals surface area contributed by atoms with E-state index in [1.807, 2.05) is 16.7 Å². The first-order valence-electron chi connectivity index (χ1n) is 13.2. The van der Waals surface area contributed by atoms with E-state index in [-0.39, 0.29) is 24.5 Å². The van der Waals surface area contributed by atoms with Crippen LogP contribution in [0.25, 0.3) is 11.2 Å². The Morgan fingerprint density at radius 1 is 1.18 bits per heavy atom. The Morgan fingerprint density at radius 3 is 2.77 bits per heavy atom. The summed E-state index contributed by atoms with van der Waals surface area (Å²) in [4.78, 5) is 25.8. The number of ether oxygens (including phenoxy) is 1. The van der Waals surface area contributed by atoms with Crippen LogP contribution >= 0.6 is 7.75 Å². The molecule has 1 saturated carbocycles. The second-order valence-corrected chi connectivity index (χ2v) is 12.0. The average molecular weight is 554 g/mol. The van der Waals surface area contributed by atoms with Gasteiger partial charge in [-0.05, 0) is 44.2 Å². The van der Waals surface area contributed by atoms with Gasteiger partial charge in [-0.3, -0.25) is 9.32 Å². The van der Waals surface area contributed by atoms with Crippen molar-refractivity contribution in [3.8, 4) is 5.75 Å². The first kappa shape index (κ1) is 25.8. The van der Waals surface area contributed by atoms with Crippen LogP contribution in [0.15, 0.2) is 48.8 Å². The maximum Gasteiger partial charge on any atom is 0.462 e. The van der Waals surface area contributed by atoms with Crippen LogP contribution in [0.4, 0.5) is 11.8 Å². The number of esters is 1. The van der Waals surface area contributed by atoms with E-state index in [4.69, 9.17) is 19.5 Å². The smallest absolute Gasteiger partial charge is 0.462 e. The number of anilines is 2. The monoisotopic (exact) mass is 553 g/mol. The molecule has 1 unspecified atom stereocenters. The predicted molar refractivity (Wildman–Crippen MR) is 145 cm³/mol. The van der Waals surface area contributed by atoms with Crippen LogP contribution in [0.1, 0.15) is 38.1 Å². The second-order valence-electron chi connectivity index (χ2n) is 10.1. The van der Waals surface area contributed by atoms with Gasteiger partial charge in [0.1, 0.15) is 11.8 Å². The minimum atomic E-state index is -3.87. The number of aromatic nitrogens is 4. The van der Waals surface area contributed by atoms with Crippen LogP contribution in [0, 0.1) is 5.92 Å². The highest BCUT2D eigenvalue weighted by atomic mass is 31.2. The lowest BCUT2D eigenvalue weighted by atomic mass is 10.1. The zero-order chi connectivity index (χ0) is 27.0. The number of nitrogen functional groups attached to an aromatic ring is 1. The molecule has 0 radical (unpaired) electrons. The van der Waals surface area contributed by atoms with E-state index < -0.39 is 19.8 Å². The Kier molecular flexibility index (Phi) is 7.01. The van der Waals surface area contributed by atoms with Crippen molar-refractivity contribution in [2.75, 3.05) is 31.3 Å². The molecule has 1 saturated heterocycles. The van der Waals surface area contributed by atoms with E-state index in [0.717, 1.165) is 12.8 Å². The number of allylic oxidation sites excluding steroid dienone is 1. The van der Waals surface area contributed by atoms with Crippen LogP contribution < -0.4 is 15.6 Å². The lowest BCUT2D eigenvalue weighted by Crippen LogP contribution is -2.36. The molecule has 206 valence electrons. The summed E-state index contributed by atoms with van der Waals surface area (Å²) in [5.74, 6) is 0.776. The first-order valence-corrected chi connectivity index (χ1v) is 14.7. The number of para-hydroxylation sites is 1. The molecule has 1 aromatic carbocycles. The molecule has 4 atom stereocenters. The molecule has 39 heavy (non-hydrogen) atoms. The summed E-state index contributed by atoms with van der Waals surface area (Å²) in [5.41, 5.74) is 7.36. The molecule has 3 aromatic rings. The number of hydrogen-bond donors (Lipinski definition) is 2. The summed E-state index contributed by atoms with van der Waals surface area (Å²) >= 11 is 0. The summed E-state index contributed by atoms with van der Waals surface area (Å²) in [5, 5.41) is 3.38. The van der Waals surface area contributed by atoms with Gasteiger partial charge in [0.05, 0.1) is 26.1 Å². The average Bonchev–Trinajstić information content (AvgIpc) is 3.31.